The highest BCUT2D eigenvalue weighted by molar-refractivity contribution is 6.32. The second-order valence-corrected chi connectivity index (χ2v) is 11.9. The number of nitrogens with one attached hydrogen (secondary N) is 1. The molecule has 3 heterocycles. The highest BCUT2D eigenvalue weighted by atomic mass is 35.5. The summed E-state index contributed by atoms with van der Waals surface area (Å²) in [4.78, 5) is 22.2. The van der Waals surface area contributed by atoms with Crippen LogP contribution in [0.5, 0.6) is 0 Å². The molecule has 7 aromatic rings. The maximum absolute atomic E-state index is 13.1. The molecule has 0 spiro atoms. The van der Waals surface area contributed by atoms with E-state index in [2.05, 4.69) is 68.0 Å². The number of halogens is 1. The van der Waals surface area contributed by atoms with Crippen LogP contribution >= 0.6 is 11.6 Å². The second-order valence-electron chi connectivity index (χ2n) is 11.5. The summed E-state index contributed by atoms with van der Waals surface area (Å²) in [7, 11) is 0. The van der Waals surface area contributed by atoms with Crippen LogP contribution in [0.25, 0.3) is 22.8 Å². The summed E-state index contributed by atoms with van der Waals surface area (Å²) >= 11 is 6.19. The lowest BCUT2D eigenvalue weighted by atomic mass is 9.77. The number of amides is 1. The van der Waals surface area contributed by atoms with Crippen molar-refractivity contribution in [1.82, 2.24) is 34.8 Å². The number of nitrogens with zero attached hydrogens (tertiary/aromatic N) is 7. The summed E-state index contributed by atoms with van der Waals surface area (Å²) in [6.45, 7) is 2.24. The Balaban J connectivity index is 1.11. The summed E-state index contributed by atoms with van der Waals surface area (Å²) in [5.74, 6) is -0.494. The normalized spacial score (nSPS) is 11.9. The van der Waals surface area contributed by atoms with Crippen molar-refractivity contribution < 1.29 is 9.32 Å². The fraction of sp³-hybridized carbons (Fsp3) is 0.105. The number of aromatic nitrogens is 6. The zero-order chi connectivity index (χ0) is 33.8. The minimum Gasteiger partial charge on any atom is -0.344 e. The Morgan fingerprint density at radius 2 is 1.55 bits per heavy atom. The molecule has 1 atom stereocenters. The number of hydrogen-bond acceptors (Lipinski definition) is 7. The minimum atomic E-state index is -0.757. The quantitative estimate of drug-likeness (QED) is 0.156. The van der Waals surface area contributed by atoms with Crippen LogP contribution in [0.3, 0.4) is 0 Å². The van der Waals surface area contributed by atoms with Crippen LogP contribution in [0.4, 0.5) is 0 Å². The fourth-order valence-electron chi connectivity index (χ4n) is 6.02. The highest BCUT2D eigenvalue weighted by Crippen LogP contribution is 2.41. The van der Waals surface area contributed by atoms with Gasteiger partial charge in [0.1, 0.15) is 17.3 Å². The van der Waals surface area contributed by atoms with Gasteiger partial charge in [0.25, 0.3) is 0 Å². The summed E-state index contributed by atoms with van der Waals surface area (Å²) in [5.41, 5.74) is 4.71. The molecule has 11 heteroatoms. The summed E-state index contributed by atoms with van der Waals surface area (Å²) in [6.07, 6.45) is 5.44. The molecule has 4 aromatic carbocycles. The lowest BCUT2D eigenvalue weighted by Crippen LogP contribution is -2.36. The average Bonchev–Trinajstić information content (AvgIpc) is 3.92. The summed E-state index contributed by atoms with van der Waals surface area (Å²) < 4.78 is 9.16. The van der Waals surface area contributed by atoms with E-state index in [9.17, 15) is 4.79 Å². The third-order valence-corrected chi connectivity index (χ3v) is 8.57. The lowest BCUT2D eigenvalue weighted by Gasteiger charge is -2.37. The molecule has 10 nitrogen and oxygen atoms in total. The van der Waals surface area contributed by atoms with Crippen molar-refractivity contribution in [2.24, 2.45) is 0 Å². The summed E-state index contributed by atoms with van der Waals surface area (Å²) in [5, 5.41) is 21.1. The number of hydrogen-bond donors (Lipinski definition) is 1. The first-order valence-corrected chi connectivity index (χ1v) is 15.9. The van der Waals surface area contributed by atoms with Gasteiger partial charge in [-0.3, -0.25) is 9.48 Å². The van der Waals surface area contributed by atoms with Gasteiger partial charge in [-0.25, -0.2) is 4.98 Å². The van der Waals surface area contributed by atoms with E-state index in [1.54, 1.807) is 29.2 Å². The van der Waals surface area contributed by atoms with Gasteiger partial charge in [-0.05, 0) is 41.8 Å². The number of carbonyl (C=O) groups excluding carboxylic acids is 1. The van der Waals surface area contributed by atoms with Crippen molar-refractivity contribution in [2.75, 3.05) is 0 Å². The van der Waals surface area contributed by atoms with Gasteiger partial charge in [0.2, 0.25) is 5.82 Å². The van der Waals surface area contributed by atoms with E-state index in [0.29, 0.717) is 28.5 Å². The molecule has 0 saturated carbocycles. The first-order valence-electron chi connectivity index (χ1n) is 15.5. The molecule has 0 aliphatic heterocycles. The van der Waals surface area contributed by atoms with Crippen molar-refractivity contribution in [3.05, 3.63) is 167 Å². The predicted octanol–water partition coefficient (Wildman–Crippen LogP) is 6.98. The van der Waals surface area contributed by atoms with Crippen LogP contribution in [0, 0.1) is 11.3 Å². The van der Waals surface area contributed by atoms with Crippen LogP contribution < -0.4 is 5.32 Å². The molecule has 1 amide bonds. The standard InChI is InChI=1S/C38H29ClN8O2/c1-26(23-47-20-19-33(44-47)27-17-18-28(22-40)32(39)21-27)42-36(48)37-43-35(45-49-37)34-24-46(25-41-34)38(29-11-5-2-6-12-29,30-13-7-3-8-14-30)31-15-9-4-10-16-31/h2-21,24-26H,23H2,1H3,(H,42,48). The number of nitriles is 1. The van der Waals surface area contributed by atoms with Crippen molar-refractivity contribution in [1.29, 1.82) is 5.26 Å². The van der Waals surface area contributed by atoms with Gasteiger partial charge in [0.15, 0.2) is 0 Å². The Kier molecular flexibility index (Phi) is 8.58. The molecule has 0 aliphatic carbocycles. The van der Waals surface area contributed by atoms with Crippen LogP contribution in [0.15, 0.2) is 139 Å². The van der Waals surface area contributed by atoms with Gasteiger partial charge in [-0.1, -0.05) is 114 Å². The molecule has 0 radical (unpaired) electrons. The highest BCUT2D eigenvalue weighted by Gasteiger charge is 2.38. The molecule has 3 aromatic heterocycles. The molecular formula is C38H29ClN8O2. The Morgan fingerprint density at radius 1 is 0.918 bits per heavy atom. The smallest absolute Gasteiger partial charge is 0.316 e. The Morgan fingerprint density at radius 3 is 2.14 bits per heavy atom. The molecule has 1 N–H and O–H groups in total. The van der Waals surface area contributed by atoms with Crippen molar-refractivity contribution in [2.45, 2.75) is 25.0 Å². The van der Waals surface area contributed by atoms with Crippen molar-refractivity contribution >= 4 is 17.5 Å². The Hall–Kier alpha value is -6.31. The third kappa shape index (κ3) is 6.11. The third-order valence-electron chi connectivity index (χ3n) is 8.26. The van der Waals surface area contributed by atoms with E-state index in [0.717, 1.165) is 22.3 Å². The van der Waals surface area contributed by atoms with Crippen LogP contribution in [-0.4, -0.2) is 41.4 Å². The fourth-order valence-corrected chi connectivity index (χ4v) is 6.24. The molecule has 0 saturated heterocycles. The maximum Gasteiger partial charge on any atom is 0.316 e. The number of benzene rings is 4. The lowest BCUT2D eigenvalue weighted by molar-refractivity contribution is 0.0891. The van der Waals surface area contributed by atoms with E-state index in [1.807, 2.05) is 84.5 Å². The largest absolute Gasteiger partial charge is 0.344 e. The molecule has 0 fully saturated rings. The molecule has 240 valence electrons. The van der Waals surface area contributed by atoms with Crippen molar-refractivity contribution in [3.63, 3.8) is 0 Å². The Labute approximate surface area is 287 Å². The number of rotatable bonds is 10. The first kappa shape index (κ1) is 31.3. The maximum atomic E-state index is 13.1. The average molecular weight is 665 g/mol. The molecule has 7 rings (SSSR count). The van der Waals surface area contributed by atoms with Gasteiger partial charge >= 0.3 is 11.8 Å². The van der Waals surface area contributed by atoms with Gasteiger partial charge < -0.3 is 14.4 Å². The van der Waals surface area contributed by atoms with Gasteiger partial charge in [-0.2, -0.15) is 15.3 Å². The second kappa shape index (κ2) is 13.4. The number of carbonyl (C=O) groups is 1. The SMILES string of the molecule is CC(Cn1ccc(-c2ccc(C#N)c(Cl)c2)n1)NC(=O)c1nc(-c2cn(C(c3ccccc3)(c3ccccc3)c3ccccc3)cn2)no1. The predicted molar refractivity (Wildman–Crippen MR) is 184 cm³/mol. The zero-order valence-electron chi connectivity index (χ0n) is 26.3. The van der Waals surface area contributed by atoms with E-state index in [1.165, 1.54) is 0 Å². The first-order chi connectivity index (χ1) is 23.9. The van der Waals surface area contributed by atoms with E-state index >= 15 is 0 Å². The van der Waals surface area contributed by atoms with Crippen LogP contribution in [0.2, 0.25) is 5.02 Å². The van der Waals surface area contributed by atoms with Gasteiger partial charge in [0, 0.05) is 24.0 Å². The van der Waals surface area contributed by atoms with E-state index in [4.69, 9.17) is 21.4 Å². The summed E-state index contributed by atoms with van der Waals surface area (Å²) in [6, 6.07) is 39.5. The monoisotopic (exact) mass is 664 g/mol. The molecular weight excluding hydrogens is 636 g/mol. The Bertz CT molecular complexity index is 2160. The molecule has 0 bridgehead atoms. The molecule has 0 aliphatic rings. The van der Waals surface area contributed by atoms with Crippen LogP contribution in [0.1, 0.15) is 39.9 Å². The molecule has 49 heavy (non-hydrogen) atoms. The number of imidazole rings is 1. The minimum absolute atomic E-state index is 0.176. The molecule has 1 unspecified atom stereocenters. The zero-order valence-corrected chi connectivity index (χ0v) is 27.1. The topological polar surface area (TPSA) is 127 Å². The van der Waals surface area contributed by atoms with Gasteiger partial charge in [0.05, 0.1) is 29.2 Å². The van der Waals surface area contributed by atoms with Crippen molar-refractivity contribution in [3.8, 4) is 28.8 Å². The van der Waals surface area contributed by atoms with Gasteiger partial charge in [-0.15, -0.1) is 0 Å². The van der Waals surface area contributed by atoms with E-state index < -0.39 is 11.4 Å². The van der Waals surface area contributed by atoms with E-state index in [-0.39, 0.29) is 17.8 Å². The van der Waals surface area contributed by atoms with Crippen LogP contribution in [-0.2, 0) is 12.1 Å².